The molecule has 0 aromatic heterocycles. The summed E-state index contributed by atoms with van der Waals surface area (Å²) in [5, 5.41) is 21.0. The fraction of sp³-hybridized carbons (Fsp3) is 0.297. The summed E-state index contributed by atoms with van der Waals surface area (Å²) >= 11 is 0. The lowest BCUT2D eigenvalue weighted by Gasteiger charge is -2.38. The Morgan fingerprint density at radius 3 is 1.89 bits per heavy atom. The highest BCUT2D eigenvalue weighted by Gasteiger charge is 2.33. The quantitative estimate of drug-likeness (QED) is 0.0999. The third-order valence-corrected chi connectivity index (χ3v) is 7.97. The number of anilines is 1. The monoisotopic (exact) mass is 623 g/mol. The zero-order valence-electron chi connectivity index (χ0n) is 25.8. The van der Waals surface area contributed by atoms with E-state index in [2.05, 4.69) is 58.7 Å². The van der Waals surface area contributed by atoms with E-state index in [0.29, 0.717) is 25.1 Å². The summed E-state index contributed by atoms with van der Waals surface area (Å²) in [7, 11) is 0. The number of hydrogen-bond acceptors (Lipinski definition) is 7. The number of ether oxygens (including phenoxy) is 2. The molecule has 4 aromatic carbocycles. The summed E-state index contributed by atoms with van der Waals surface area (Å²) in [6.07, 6.45) is 0.235. The lowest BCUT2D eigenvalue weighted by Crippen LogP contribution is -2.39. The minimum Gasteiger partial charge on any atom is -0.392 e. The first-order chi connectivity index (χ1) is 22.5. The van der Waals surface area contributed by atoms with Crippen molar-refractivity contribution in [3.8, 4) is 0 Å². The summed E-state index contributed by atoms with van der Waals surface area (Å²) in [5.41, 5.74) is 7.35. The Balaban J connectivity index is 1.32. The van der Waals surface area contributed by atoms with Gasteiger partial charge in [-0.05, 0) is 40.8 Å². The van der Waals surface area contributed by atoms with E-state index in [-0.39, 0.29) is 37.6 Å². The van der Waals surface area contributed by atoms with E-state index in [1.165, 1.54) is 11.1 Å². The maximum Gasteiger partial charge on any atom is 0.243 e. The second-order valence-electron chi connectivity index (χ2n) is 11.5. The van der Waals surface area contributed by atoms with Gasteiger partial charge in [-0.15, -0.1) is 0 Å². The van der Waals surface area contributed by atoms with Crippen molar-refractivity contribution in [2.45, 2.75) is 63.9 Å². The van der Waals surface area contributed by atoms with Crippen LogP contribution in [0.15, 0.2) is 109 Å². The van der Waals surface area contributed by atoms with E-state index in [1.807, 2.05) is 60.7 Å². The van der Waals surface area contributed by atoms with Crippen LogP contribution in [0.5, 0.6) is 0 Å². The molecule has 0 spiro atoms. The maximum atomic E-state index is 12.3. The number of nitrogens with one attached hydrogen (secondary N) is 2. The Hall–Kier alpha value is -4.38. The molecule has 240 valence electrons. The van der Waals surface area contributed by atoms with Gasteiger partial charge in [0.2, 0.25) is 11.8 Å². The zero-order valence-corrected chi connectivity index (χ0v) is 25.8. The lowest BCUT2D eigenvalue weighted by atomic mass is 9.99. The van der Waals surface area contributed by atoms with E-state index in [1.54, 1.807) is 5.48 Å². The number of aliphatic hydroxyl groups excluding tert-OH is 1. The molecular formula is C37H41N3O6. The van der Waals surface area contributed by atoms with Gasteiger partial charge in [-0.25, -0.2) is 5.48 Å². The van der Waals surface area contributed by atoms with Gasteiger partial charge in [0.05, 0.1) is 18.8 Å². The van der Waals surface area contributed by atoms with Gasteiger partial charge in [-0.3, -0.25) is 19.7 Å². The van der Waals surface area contributed by atoms with Gasteiger partial charge in [0, 0.05) is 50.1 Å². The number of amides is 2. The first kappa shape index (κ1) is 33.0. The second kappa shape index (κ2) is 16.8. The molecule has 9 heteroatoms. The Kier molecular flexibility index (Phi) is 12.0. The molecule has 1 heterocycles. The summed E-state index contributed by atoms with van der Waals surface area (Å²) in [6, 6.07) is 36.1. The molecule has 2 amide bonds. The summed E-state index contributed by atoms with van der Waals surface area (Å²) in [4.78, 5) is 26.0. The van der Waals surface area contributed by atoms with Crippen LogP contribution >= 0.6 is 0 Å². The highest BCUT2D eigenvalue weighted by molar-refractivity contribution is 5.91. The average Bonchev–Trinajstić information content (AvgIpc) is 3.09. The van der Waals surface area contributed by atoms with Gasteiger partial charge in [-0.2, -0.15) is 0 Å². The van der Waals surface area contributed by atoms with E-state index in [9.17, 15) is 14.7 Å². The predicted octanol–water partition coefficient (Wildman–Crippen LogP) is 6.04. The van der Waals surface area contributed by atoms with Crippen LogP contribution in [-0.4, -0.2) is 39.7 Å². The standard InChI is InChI=1S/C37H41N3O6/c41-26-29-14-16-30(17-15-29)34-22-33(25-40(23-27-8-3-1-4-9-27)24-28-10-5-2-6-11-28)45-37(46-34)31-18-20-32(21-19-31)38-35(42)12-7-13-36(43)39-44/h1-6,8-11,14-21,33-34,37,41,44H,7,12-13,22-26H2,(H,38,42)(H,39,43)/t33-,34+,37+/m0/s1. The van der Waals surface area contributed by atoms with Crippen molar-refractivity contribution in [1.29, 1.82) is 0 Å². The van der Waals surface area contributed by atoms with E-state index < -0.39 is 12.2 Å². The first-order valence-electron chi connectivity index (χ1n) is 15.6. The van der Waals surface area contributed by atoms with Gasteiger partial charge < -0.3 is 19.9 Å². The van der Waals surface area contributed by atoms with Crippen molar-refractivity contribution in [3.63, 3.8) is 0 Å². The molecule has 4 N–H and O–H groups in total. The Morgan fingerprint density at radius 1 is 0.717 bits per heavy atom. The normalized spacial score (nSPS) is 17.8. The molecule has 1 aliphatic heterocycles. The van der Waals surface area contributed by atoms with Gasteiger partial charge in [0.1, 0.15) is 0 Å². The molecule has 4 aromatic rings. The molecule has 1 saturated heterocycles. The summed E-state index contributed by atoms with van der Waals surface area (Å²) in [5.74, 6) is -0.735. The molecule has 5 rings (SSSR count). The molecule has 1 fully saturated rings. The van der Waals surface area contributed by atoms with E-state index in [0.717, 1.165) is 29.8 Å². The largest absolute Gasteiger partial charge is 0.392 e. The van der Waals surface area contributed by atoms with Crippen molar-refractivity contribution >= 4 is 17.5 Å². The van der Waals surface area contributed by atoms with Crippen molar-refractivity contribution in [2.24, 2.45) is 0 Å². The molecule has 3 atom stereocenters. The Bertz CT molecular complexity index is 1480. The van der Waals surface area contributed by atoms with Crippen LogP contribution in [0.4, 0.5) is 5.69 Å². The molecule has 46 heavy (non-hydrogen) atoms. The third kappa shape index (κ3) is 9.81. The number of carbonyl (C=O) groups excluding carboxylic acids is 2. The maximum absolute atomic E-state index is 12.3. The molecule has 0 bridgehead atoms. The minimum absolute atomic E-state index is 0.0189. The fourth-order valence-electron chi connectivity index (χ4n) is 5.60. The molecule has 1 aliphatic rings. The number of nitrogens with zero attached hydrogens (tertiary/aromatic N) is 1. The van der Waals surface area contributed by atoms with Crippen molar-refractivity contribution in [2.75, 3.05) is 11.9 Å². The zero-order chi connectivity index (χ0) is 32.1. The number of aliphatic hydroxyl groups is 1. The van der Waals surface area contributed by atoms with Gasteiger partial charge in [0.25, 0.3) is 0 Å². The molecule has 0 saturated carbocycles. The van der Waals surface area contributed by atoms with Crippen LogP contribution < -0.4 is 10.8 Å². The van der Waals surface area contributed by atoms with Crippen LogP contribution in [0.25, 0.3) is 0 Å². The van der Waals surface area contributed by atoms with Crippen molar-refractivity contribution < 1.29 is 29.4 Å². The highest BCUT2D eigenvalue weighted by atomic mass is 16.7. The minimum atomic E-state index is -0.627. The van der Waals surface area contributed by atoms with Crippen LogP contribution in [-0.2, 0) is 38.8 Å². The van der Waals surface area contributed by atoms with Crippen LogP contribution in [0.2, 0.25) is 0 Å². The van der Waals surface area contributed by atoms with Crippen LogP contribution in [0.3, 0.4) is 0 Å². The topological polar surface area (TPSA) is 120 Å². The first-order valence-corrected chi connectivity index (χ1v) is 15.6. The average molecular weight is 624 g/mol. The smallest absolute Gasteiger partial charge is 0.243 e. The Labute approximate surface area is 269 Å². The second-order valence-corrected chi connectivity index (χ2v) is 11.5. The number of rotatable bonds is 14. The molecule has 0 aliphatic carbocycles. The number of benzene rings is 4. The van der Waals surface area contributed by atoms with Crippen LogP contribution in [0.1, 0.15) is 65.9 Å². The van der Waals surface area contributed by atoms with E-state index in [4.69, 9.17) is 14.7 Å². The van der Waals surface area contributed by atoms with Crippen molar-refractivity contribution in [3.05, 3.63) is 137 Å². The van der Waals surface area contributed by atoms with Gasteiger partial charge in [0.15, 0.2) is 6.29 Å². The SMILES string of the molecule is O=C(CCCC(=O)Nc1ccc([C@@H]2O[C@H](CN(Cc3ccccc3)Cc3ccccc3)C[C@H](c3ccc(CO)cc3)O2)cc1)NO. The molecule has 0 unspecified atom stereocenters. The molecular weight excluding hydrogens is 582 g/mol. The summed E-state index contributed by atoms with van der Waals surface area (Å²) in [6.45, 7) is 2.22. The number of hydrogen-bond donors (Lipinski definition) is 4. The fourth-order valence-corrected chi connectivity index (χ4v) is 5.60. The van der Waals surface area contributed by atoms with Crippen molar-refractivity contribution in [1.82, 2.24) is 10.4 Å². The third-order valence-electron chi connectivity index (χ3n) is 7.97. The van der Waals surface area contributed by atoms with Crippen LogP contribution in [0, 0.1) is 0 Å². The molecule has 0 radical (unpaired) electrons. The van der Waals surface area contributed by atoms with E-state index >= 15 is 0 Å². The molecule has 9 nitrogen and oxygen atoms in total. The highest BCUT2D eigenvalue weighted by Crippen LogP contribution is 2.38. The number of carbonyl (C=O) groups is 2. The van der Waals surface area contributed by atoms with Gasteiger partial charge >= 0.3 is 0 Å². The van der Waals surface area contributed by atoms with Gasteiger partial charge in [-0.1, -0.05) is 97.1 Å². The predicted molar refractivity (Wildman–Crippen MR) is 174 cm³/mol. The lowest BCUT2D eigenvalue weighted by molar-refractivity contribution is -0.253. The Morgan fingerprint density at radius 2 is 1.30 bits per heavy atom. The number of hydroxylamine groups is 1. The summed E-state index contributed by atoms with van der Waals surface area (Å²) < 4.78 is 13.2.